The maximum absolute atomic E-state index is 5.80. The Hall–Kier alpha value is -2.28. The molecule has 79 valence electrons. The van der Waals surface area contributed by atoms with Crippen LogP contribution < -0.4 is 0 Å². The van der Waals surface area contributed by atoms with Crippen molar-refractivity contribution in [3.63, 3.8) is 0 Å². The van der Waals surface area contributed by atoms with Crippen molar-refractivity contribution >= 4 is 32.7 Å². The van der Waals surface area contributed by atoms with Crippen LogP contribution in [0.3, 0.4) is 0 Å². The number of benzene rings is 3. The van der Waals surface area contributed by atoms with Gasteiger partial charge < -0.3 is 4.42 Å². The molecule has 4 aromatic rings. The largest absolute Gasteiger partial charge is 0.455 e. The van der Waals surface area contributed by atoms with Crippen molar-refractivity contribution < 1.29 is 4.42 Å². The maximum atomic E-state index is 5.80. The number of rotatable bonds is 0. The third kappa shape index (κ3) is 1.19. The first-order valence-electron chi connectivity index (χ1n) is 5.63. The van der Waals surface area contributed by atoms with Crippen LogP contribution in [0.4, 0.5) is 0 Å². The topological polar surface area (TPSA) is 13.1 Å². The van der Waals surface area contributed by atoms with Gasteiger partial charge in [0.15, 0.2) is 0 Å². The summed E-state index contributed by atoms with van der Waals surface area (Å²) in [5, 5.41) is 4.74. The van der Waals surface area contributed by atoms with E-state index < -0.39 is 0 Å². The molecule has 0 aliphatic carbocycles. The fraction of sp³-hybridized carbons (Fsp3) is 0. The number of fused-ring (bicyclic) bond motifs is 4. The second kappa shape index (κ2) is 3.11. The molecule has 1 nitrogen and oxygen atoms in total. The van der Waals surface area contributed by atoms with Crippen molar-refractivity contribution in [2.75, 3.05) is 0 Å². The Morgan fingerprint density at radius 1 is 0.824 bits per heavy atom. The molecule has 1 radical (unpaired) electrons. The molecule has 0 saturated carbocycles. The minimum atomic E-state index is 0.831. The first kappa shape index (κ1) is 8.82. The van der Waals surface area contributed by atoms with Gasteiger partial charge >= 0.3 is 0 Å². The van der Waals surface area contributed by atoms with Crippen molar-refractivity contribution in [1.82, 2.24) is 0 Å². The lowest BCUT2D eigenvalue weighted by Gasteiger charge is -1.96. The van der Waals surface area contributed by atoms with Gasteiger partial charge in [0.1, 0.15) is 11.2 Å². The maximum Gasteiger partial charge on any atom is 0.143 e. The van der Waals surface area contributed by atoms with Crippen LogP contribution in [0.25, 0.3) is 32.7 Å². The van der Waals surface area contributed by atoms with Crippen molar-refractivity contribution in [2.24, 2.45) is 0 Å². The van der Waals surface area contributed by atoms with Crippen LogP contribution in [0.2, 0.25) is 0 Å². The Balaban J connectivity index is 2.28. The van der Waals surface area contributed by atoms with Gasteiger partial charge in [-0.05, 0) is 22.9 Å². The van der Waals surface area contributed by atoms with Gasteiger partial charge in [0.25, 0.3) is 0 Å². The van der Waals surface area contributed by atoms with Gasteiger partial charge in [0.05, 0.1) is 0 Å². The summed E-state index contributed by atoms with van der Waals surface area (Å²) in [6.45, 7) is 0. The molecular formula is C16H9O. The van der Waals surface area contributed by atoms with Gasteiger partial charge in [0, 0.05) is 16.8 Å². The van der Waals surface area contributed by atoms with Crippen molar-refractivity contribution in [3.05, 3.63) is 60.7 Å². The third-order valence-electron chi connectivity index (χ3n) is 3.17. The number of furan rings is 1. The van der Waals surface area contributed by atoms with E-state index in [4.69, 9.17) is 4.42 Å². The van der Waals surface area contributed by atoms with Crippen LogP contribution in [0.5, 0.6) is 0 Å². The van der Waals surface area contributed by atoms with Crippen LogP contribution in [-0.4, -0.2) is 0 Å². The zero-order valence-corrected chi connectivity index (χ0v) is 9.10. The molecule has 1 heteroatoms. The van der Waals surface area contributed by atoms with E-state index in [2.05, 4.69) is 42.5 Å². The summed E-state index contributed by atoms with van der Waals surface area (Å²) in [6.07, 6.45) is 0. The smallest absolute Gasteiger partial charge is 0.143 e. The lowest BCUT2D eigenvalue weighted by Crippen LogP contribution is -1.71. The highest BCUT2D eigenvalue weighted by molar-refractivity contribution is 6.09. The SMILES string of the molecule is [c]1cccc2c1oc1cc3ccccc3cc12. The molecular weight excluding hydrogens is 208 g/mol. The first-order valence-corrected chi connectivity index (χ1v) is 5.63. The second-order valence-electron chi connectivity index (χ2n) is 4.21. The summed E-state index contributed by atoms with van der Waals surface area (Å²) >= 11 is 0. The fourth-order valence-corrected chi connectivity index (χ4v) is 2.34. The zero-order valence-electron chi connectivity index (χ0n) is 9.10. The Morgan fingerprint density at radius 3 is 2.53 bits per heavy atom. The molecule has 1 heterocycles. The molecule has 3 aromatic carbocycles. The summed E-state index contributed by atoms with van der Waals surface area (Å²) < 4.78 is 5.80. The van der Waals surface area contributed by atoms with Gasteiger partial charge in [-0.1, -0.05) is 42.5 Å². The molecule has 0 bridgehead atoms. The molecule has 1 aromatic heterocycles. The van der Waals surface area contributed by atoms with Crippen molar-refractivity contribution in [2.45, 2.75) is 0 Å². The highest BCUT2D eigenvalue weighted by Gasteiger charge is 2.07. The summed E-state index contributed by atoms with van der Waals surface area (Å²) in [6, 6.07) is 21.7. The van der Waals surface area contributed by atoms with Gasteiger partial charge in [-0.2, -0.15) is 0 Å². The third-order valence-corrected chi connectivity index (χ3v) is 3.17. The average molecular weight is 217 g/mol. The Labute approximate surface area is 98.3 Å². The standard InChI is InChI=1S/C16H9O/c1-2-6-12-10-16-14(9-11(12)5-1)13-7-3-4-8-15(13)17-16/h1-7,9-10H. The lowest BCUT2D eigenvalue weighted by atomic mass is 10.1. The summed E-state index contributed by atoms with van der Waals surface area (Å²) in [5.41, 5.74) is 1.76. The Bertz CT molecular complexity index is 834. The number of hydrogen-bond acceptors (Lipinski definition) is 1. The quantitative estimate of drug-likeness (QED) is 0.421. The monoisotopic (exact) mass is 217 g/mol. The van der Waals surface area contributed by atoms with E-state index in [1.807, 2.05) is 18.2 Å². The van der Waals surface area contributed by atoms with Crippen LogP contribution in [0.15, 0.2) is 59.0 Å². The zero-order chi connectivity index (χ0) is 11.2. The molecule has 0 saturated heterocycles. The minimum absolute atomic E-state index is 0.831. The predicted octanol–water partition coefficient (Wildman–Crippen LogP) is 4.54. The summed E-state index contributed by atoms with van der Waals surface area (Å²) in [7, 11) is 0. The molecule has 0 atom stereocenters. The Morgan fingerprint density at radius 2 is 1.65 bits per heavy atom. The first-order chi connectivity index (χ1) is 8.42. The van der Waals surface area contributed by atoms with Gasteiger partial charge in [-0.25, -0.2) is 0 Å². The Kier molecular flexibility index (Phi) is 1.61. The van der Waals surface area contributed by atoms with Crippen molar-refractivity contribution in [3.8, 4) is 0 Å². The van der Waals surface area contributed by atoms with E-state index in [-0.39, 0.29) is 0 Å². The van der Waals surface area contributed by atoms with Crippen LogP contribution in [0.1, 0.15) is 0 Å². The molecule has 0 aliphatic heterocycles. The van der Waals surface area contributed by atoms with Crippen LogP contribution in [0, 0.1) is 6.07 Å². The highest BCUT2D eigenvalue weighted by atomic mass is 16.3. The van der Waals surface area contributed by atoms with E-state index in [0.717, 1.165) is 21.9 Å². The van der Waals surface area contributed by atoms with Gasteiger partial charge in [-0.15, -0.1) is 0 Å². The molecule has 0 N–H and O–H groups in total. The van der Waals surface area contributed by atoms with E-state index in [9.17, 15) is 0 Å². The second-order valence-corrected chi connectivity index (χ2v) is 4.21. The molecule has 17 heavy (non-hydrogen) atoms. The van der Waals surface area contributed by atoms with E-state index in [1.54, 1.807) is 0 Å². The molecule has 0 unspecified atom stereocenters. The normalized spacial score (nSPS) is 11.5. The summed E-state index contributed by atoms with van der Waals surface area (Å²) in [5.74, 6) is 0. The molecule has 0 spiro atoms. The minimum Gasteiger partial charge on any atom is -0.455 e. The highest BCUT2D eigenvalue weighted by Crippen LogP contribution is 2.31. The van der Waals surface area contributed by atoms with Crippen molar-refractivity contribution in [1.29, 1.82) is 0 Å². The number of para-hydroxylation sites is 1. The predicted molar refractivity (Wildman–Crippen MR) is 70.1 cm³/mol. The number of hydrogen-bond donors (Lipinski definition) is 0. The summed E-state index contributed by atoms with van der Waals surface area (Å²) in [4.78, 5) is 0. The molecule has 0 aliphatic rings. The van der Waals surface area contributed by atoms with Crippen LogP contribution >= 0.6 is 0 Å². The average Bonchev–Trinajstić information content (AvgIpc) is 2.73. The van der Waals surface area contributed by atoms with E-state index in [1.165, 1.54) is 10.8 Å². The van der Waals surface area contributed by atoms with E-state index >= 15 is 0 Å². The fourth-order valence-electron chi connectivity index (χ4n) is 2.34. The molecule has 0 fully saturated rings. The van der Waals surface area contributed by atoms with Gasteiger partial charge in [-0.3, -0.25) is 0 Å². The van der Waals surface area contributed by atoms with E-state index in [0.29, 0.717) is 0 Å². The lowest BCUT2D eigenvalue weighted by molar-refractivity contribution is 0.669. The molecule has 4 rings (SSSR count). The molecule has 0 amide bonds. The van der Waals surface area contributed by atoms with Crippen LogP contribution in [-0.2, 0) is 0 Å². The van der Waals surface area contributed by atoms with Gasteiger partial charge in [0.2, 0.25) is 0 Å².